The summed E-state index contributed by atoms with van der Waals surface area (Å²) in [7, 11) is 0. The van der Waals surface area contributed by atoms with Crippen molar-refractivity contribution in [2.75, 3.05) is 6.61 Å². The maximum absolute atomic E-state index is 13.0. The molecular weight excluding hydrogens is 324 g/mol. The Kier molecular flexibility index (Phi) is 4.92. The molecule has 3 N–H and O–H groups in total. The summed E-state index contributed by atoms with van der Waals surface area (Å²) in [5.74, 6) is -1.24. The Morgan fingerprint density at radius 3 is 2.72 bits per heavy atom. The Bertz CT molecular complexity index is 690. The summed E-state index contributed by atoms with van der Waals surface area (Å²) in [6, 6.07) is 5.64. The number of fused-ring (bicyclic) bond motifs is 1. The average Bonchev–Trinajstić information content (AvgIpc) is 2.99. The standard InChI is InChI=1S/C18H22N2O5/c19-16(21)10-25-13-6-3-5-12(8-13)17(22)20-14-7-2-1-4-11(14)9-15(20)18(23)24/h3,5-6,8,11,14-15H,1-2,4,7,9-10H2,(H2,19,21)(H,23,24)/t11-,14+,15+/m1/s1. The molecule has 0 spiro atoms. The minimum absolute atomic E-state index is 0.0162. The highest BCUT2D eigenvalue weighted by Gasteiger charge is 2.47. The van der Waals surface area contributed by atoms with Crippen LogP contribution >= 0.6 is 0 Å². The number of carbonyl (C=O) groups excluding carboxylic acids is 2. The molecule has 1 aromatic carbocycles. The van der Waals surface area contributed by atoms with Crippen LogP contribution in [-0.4, -0.2) is 46.5 Å². The fourth-order valence-corrected chi connectivity index (χ4v) is 4.00. The van der Waals surface area contributed by atoms with Crippen molar-refractivity contribution in [3.05, 3.63) is 29.8 Å². The Labute approximate surface area is 145 Å². The van der Waals surface area contributed by atoms with Gasteiger partial charge >= 0.3 is 5.97 Å². The van der Waals surface area contributed by atoms with E-state index in [0.717, 1.165) is 25.7 Å². The quantitative estimate of drug-likeness (QED) is 0.837. The van der Waals surface area contributed by atoms with Crippen molar-refractivity contribution in [1.82, 2.24) is 4.90 Å². The van der Waals surface area contributed by atoms with Crippen LogP contribution in [0.25, 0.3) is 0 Å². The molecule has 0 unspecified atom stereocenters. The van der Waals surface area contributed by atoms with E-state index in [9.17, 15) is 19.5 Å². The molecule has 2 amide bonds. The molecule has 3 atom stereocenters. The van der Waals surface area contributed by atoms with Crippen molar-refractivity contribution in [1.29, 1.82) is 0 Å². The number of hydrogen-bond acceptors (Lipinski definition) is 4. The third-order valence-corrected chi connectivity index (χ3v) is 5.07. The number of primary amides is 1. The molecule has 134 valence electrons. The average molecular weight is 346 g/mol. The number of carboxylic acids is 1. The van der Waals surface area contributed by atoms with E-state index in [1.165, 1.54) is 6.07 Å². The van der Waals surface area contributed by atoms with Crippen LogP contribution < -0.4 is 10.5 Å². The molecule has 1 aliphatic carbocycles. The van der Waals surface area contributed by atoms with Gasteiger partial charge in [-0.15, -0.1) is 0 Å². The molecule has 1 saturated heterocycles. The lowest BCUT2D eigenvalue weighted by Crippen LogP contribution is -2.46. The van der Waals surface area contributed by atoms with Crippen molar-refractivity contribution in [2.45, 2.75) is 44.2 Å². The van der Waals surface area contributed by atoms with Crippen LogP contribution in [0.3, 0.4) is 0 Å². The number of carbonyl (C=O) groups is 3. The van der Waals surface area contributed by atoms with Gasteiger partial charge in [-0.3, -0.25) is 9.59 Å². The van der Waals surface area contributed by atoms with Gasteiger partial charge < -0.3 is 20.5 Å². The molecule has 1 aromatic rings. The fourth-order valence-electron chi connectivity index (χ4n) is 4.00. The highest BCUT2D eigenvalue weighted by molar-refractivity contribution is 5.97. The third kappa shape index (κ3) is 3.60. The summed E-state index contributed by atoms with van der Waals surface area (Å²) in [4.78, 5) is 37.1. The molecule has 1 saturated carbocycles. The van der Waals surface area contributed by atoms with E-state index in [4.69, 9.17) is 10.5 Å². The maximum Gasteiger partial charge on any atom is 0.326 e. The number of rotatable bonds is 5. The summed E-state index contributed by atoms with van der Waals surface area (Å²) < 4.78 is 5.24. The zero-order valence-electron chi connectivity index (χ0n) is 13.9. The van der Waals surface area contributed by atoms with Crippen molar-refractivity contribution in [3.63, 3.8) is 0 Å². The molecule has 1 aliphatic heterocycles. The van der Waals surface area contributed by atoms with Crippen molar-refractivity contribution < 1.29 is 24.2 Å². The first-order valence-corrected chi connectivity index (χ1v) is 8.54. The monoisotopic (exact) mass is 346 g/mol. The lowest BCUT2D eigenvalue weighted by molar-refractivity contribution is -0.141. The van der Waals surface area contributed by atoms with E-state index >= 15 is 0 Å². The zero-order chi connectivity index (χ0) is 18.0. The summed E-state index contributed by atoms with van der Waals surface area (Å²) in [5.41, 5.74) is 5.42. The van der Waals surface area contributed by atoms with Gasteiger partial charge in [0.15, 0.2) is 6.61 Å². The fraction of sp³-hybridized carbons (Fsp3) is 0.500. The summed E-state index contributed by atoms with van der Waals surface area (Å²) in [5, 5.41) is 9.56. The van der Waals surface area contributed by atoms with Crippen LogP contribution in [0, 0.1) is 5.92 Å². The Morgan fingerprint density at radius 2 is 2.00 bits per heavy atom. The lowest BCUT2D eigenvalue weighted by Gasteiger charge is -2.33. The Hall–Kier alpha value is -2.57. The number of nitrogens with zero attached hydrogens (tertiary/aromatic N) is 1. The first-order valence-electron chi connectivity index (χ1n) is 8.54. The van der Waals surface area contributed by atoms with E-state index in [0.29, 0.717) is 17.7 Å². The van der Waals surface area contributed by atoms with Crippen LogP contribution in [0.4, 0.5) is 0 Å². The van der Waals surface area contributed by atoms with Crippen molar-refractivity contribution in [2.24, 2.45) is 11.7 Å². The van der Waals surface area contributed by atoms with Gasteiger partial charge in [0, 0.05) is 11.6 Å². The normalized spacial score (nSPS) is 25.3. The number of likely N-dealkylation sites (tertiary alicyclic amines) is 1. The second kappa shape index (κ2) is 7.13. The smallest absolute Gasteiger partial charge is 0.326 e. The molecule has 7 heteroatoms. The summed E-state index contributed by atoms with van der Waals surface area (Å²) >= 11 is 0. The summed E-state index contributed by atoms with van der Waals surface area (Å²) in [6.45, 7) is -0.274. The number of ether oxygens (including phenoxy) is 1. The second-order valence-electron chi connectivity index (χ2n) is 6.70. The molecule has 1 heterocycles. The van der Waals surface area contributed by atoms with E-state index in [2.05, 4.69) is 0 Å². The largest absolute Gasteiger partial charge is 0.484 e. The van der Waals surface area contributed by atoms with E-state index in [-0.39, 0.29) is 24.5 Å². The van der Waals surface area contributed by atoms with Crippen LogP contribution in [0.15, 0.2) is 24.3 Å². The highest BCUT2D eigenvalue weighted by atomic mass is 16.5. The lowest BCUT2D eigenvalue weighted by atomic mass is 9.84. The topological polar surface area (TPSA) is 110 Å². The molecule has 3 rings (SSSR count). The van der Waals surface area contributed by atoms with Gasteiger partial charge in [0.25, 0.3) is 11.8 Å². The van der Waals surface area contributed by atoms with Gasteiger partial charge in [0.05, 0.1) is 0 Å². The second-order valence-corrected chi connectivity index (χ2v) is 6.70. The van der Waals surface area contributed by atoms with Crippen molar-refractivity contribution in [3.8, 4) is 5.75 Å². The number of carboxylic acid groups (broad SMARTS) is 1. The minimum atomic E-state index is -0.955. The number of aliphatic carboxylic acids is 1. The molecule has 7 nitrogen and oxygen atoms in total. The molecular formula is C18H22N2O5. The SMILES string of the molecule is NC(=O)COc1cccc(C(=O)N2[C@H](C(=O)O)C[C@H]3CCCC[C@@H]32)c1. The molecule has 2 fully saturated rings. The Morgan fingerprint density at radius 1 is 1.24 bits per heavy atom. The van der Waals surface area contributed by atoms with Crippen LogP contribution in [-0.2, 0) is 9.59 Å². The number of nitrogens with two attached hydrogens (primary N) is 1. The molecule has 0 bridgehead atoms. The van der Waals surface area contributed by atoms with E-state index in [1.54, 1.807) is 23.1 Å². The number of benzene rings is 1. The predicted molar refractivity (Wildman–Crippen MR) is 89.1 cm³/mol. The molecule has 0 radical (unpaired) electrons. The highest BCUT2D eigenvalue weighted by Crippen LogP contribution is 2.40. The number of hydrogen-bond donors (Lipinski definition) is 2. The molecule has 2 aliphatic rings. The van der Waals surface area contributed by atoms with Crippen LogP contribution in [0.1, 0.15) is 42.5 Å². The van der Waals surface area contributed by atoms with Crippen LogP contribution in [0.5, 0.6) is 5.75 Å². The van der Waals surface area contributed by atoms with Gasteiger partial charge in [-0.25, -0.2) is 4.79 Å². The summed E-state index contributed by atoms with van der Waals surface area (Å²) in [6.07, 6.45) is 4.44. The van der Waals surface area contributed by atoms with Crippen molar-refractivity contribution >= 4 is 17.8 Å². The zero-order valence-corrected chi connectivity index (χ0v) is 13.9. The molecule has 25 heavy (non-hydrogen) atoms. The Balaban J connectivity index is 1.83. The first kappa shape index (κ1) is 17.3. The third-order valence-electron chi connectivity index (χ3n) is 5.07. The minimum Gasteiger partial charge on any atom is -0.484 e. The number of amides is 2. The maximum atomic E-state index is 13.0. The van der Waals surface area contributed by atoms with Gasteiger partial charge in [-0.1, -0.05) is 18.9 Å². The van der Waals surface area contributed by atoms with Gasteiger partial charge in [-0.05, 0) is 43.4 Å². The molecule has 0 aromatic heterocycles. The van der Waals surface area contributed by atoms with E-state index < -0.39 is 17.9 Å². The van der Waals surface area contributed by atoms with E-state index in [1.807, 2.05) is 0 Å². The van der Waals surface area contributed by atoms with Gasteiger partial charge in [0.2, 0.25) is 0 Å². The predicted octanol–water partition coefficient (Wildman–Crippen LogP) is 1.41. The first-order chi connectivity index (χ1) is 12.0. The van der Waals surface area contributed by atoms with Gasteiger partial charge in [-0.2, -0.15) is 0 Å². The van der Waals surface area contributed by atoms with Crippen LogP contribution in [0.2, 0.25) is 0 Å². The van der Waals surface area contributed by atoms with Gasteiger partial charge in [0.1, 0.15) is 11.8 Å².